The summed E-state index contributed by atoms with van der Waals surface area (Å²) in [5.74, 6) is -0.387. The molecule has 1 aliphatic rings. The molecule has 2 aromatic rings. The minimum Gasteiger partial charge on any atom is -0.444 e. The van der Waals surface area contributed by atoms with Crippen molar-refractivity contribution in [1.29, 1.82) is 0 Å². The number of anilines is 1. The van der Waals surface area contributed by atoms with Gasteiger partial charge in [-0.25, -0.2) is 4.79 Å². The molecule has 0 spiro atoms. The van der Waals surface area contributed by atoms with Gasteiger partial charge < -0.3 is 15.0 Å². The van der Waals surface area contributed by atoms with Gasteiger partial charge in [-0.05, 0) is 57.9 Å². The minimum absolute atomic E-state index is 0.0717. The lowest BCUT2D eigenvalue weighted by Gasteiger charge is -2.27. The maximum absolute atomic E-state index is 13.3. The third-order valence-electron chi connectivity index (χ3n) is 5.23. The van der Waals surface area contributed by atoms with Crippen LogP contribution in [0.3, 0.4) is 0 Å². The van der Waals surface area contributed by atoms with Crippen LogP contribution in [0.2, 0.25) is 0 Å². The van der Waals surface area contributed by atoms with E-state index < -0.39 is 11.7 Å². The fraction of sp³-hybridized carbons (Fsp3) is 0.400. The standard InChI is InChI=1S/C25H31N3O4/c1-18-10-8-9-13-21(18)28(23(30)19-11-6-5-7-12-19)17-22(29)27-15-14-20(16-27)26-24(31)32-25(2,3)4/h5-13,20H,14-17H2,1-4H3,(H,26,31). The maximum Gasteiger partial charge on any atom is 0.407 e. The molecule has 1 aliphatic heterocycles. The fourth-order valence-corrected chi connectivity index (χ4v) is 3.68. The molecule has 7 nitrogen and oxygen atoms in total. The Labute approximate surface area is 189 Å². The number of hydrogen-bond donors (Lipinski definition) is 1. The van der Waals surface area contributed by atoms with Gasteiger partial charge in [0.25, 0.3) is 5.91 Å². The van der Waals surface area contributed by atoms with E-state index in [-0.39, 0.29) is 24.4 Å². The molecule has 1 heterocycles. The van der Waals surface area contributed by atoms with Crippen LogP contribution in [0.25, 0.3) is 0 Å². The number of alkyl carbamates (subject to hydrolysis) is 1. The van der Waals surface area contributed by atoms with Crippen molar-refractivity contribution in [1.82, 2.24) is 10.2 Å². The molecule has 0 aromatic heterocycles. The molecule has 1 atom stereocenters. The van der Waals surface area contributed by atoms with Crippen LogP contribution in [-0.2, 0) is 9.53 Å². The minimum atomic E-state index is -0.579. The van der Waals surface area contributed by atoms with Crippen molar-refractivity contribution >= 4 is 23.6 Å². The summed E-state index contributed by atoms with van der Waals surface area (Å²) in [6.45, 7) is 8.17. The van der Waals surface area contributed by atoms with Crippen molar-refractivity contribution < 1.29 is 19.1 Å². The smallest absolute Gasteiger partial charge is 0.407 e. The Hall–Kier alpha value is -3.35. The number of nitrogens with one attached hydrogen (secondary N) is 1. The van der Waals surface area contributed by atoms with Gasteiger partial charge in [0.1, 0.15) is 12.1 Å². The summed E-state index contributed by atoms with van der Waals surface area (Å²) in [5.41, 5.74) is 1.56. The molecule has 7 heteroatoms. The molecule has 0 saturated carbocycles. The zero-order valence-electron chi connectivity index (χ0n) is 19.1. The normalized spacial score (nSPS) is 15.9. The highest BCUT2D eigenvalue weighted by atomic mass is 16.6. The number of benzene rings is 2. The van der Waals surface area contributed by atoms with Crippen LogP contribution >= 0.6 is 0 Å². The first kappa shape index (κ1) is 23.3. The topological polar surface area (TPSA) is 79.0 Å². The fourth-order valence-electron chi connectivity index (χ4n) is 3.68. The van der Waals surface area contributed by atoms with Gasteiger partial charge >= 0.3 is 6.09 Å². The summed E-state index contributed by atoms with van der Waals surface area (Å²) in [7, 11) is 0. The predicted molar refractivity (Wildman–Crippen MR) is 124 cm³/mol. The van der Waals surface area contributed by atoms with Crippen LogP contribution in [0.5, 0.6) is 0 Å². The van der Waals surface area contributed by atoms with E-state index in [1.807, 2.05) is 37.3 Å². The molecule has 170 valence electrons. The number of carbonyl (C=O) groups is 3. The highest BCUT2D eigenvalue weighted by Crippen LogP contribution is 2.22. The van der Waals surface area contributed by atoms with Gasteiger partial charge in [0.15, 0.2) is 0 Å². The lowest BCUT2D eigenvalue weighted by Crippen LogP contribution is -2.45. The molecule has 0 bridgehead atoms. The van der Waals surface area contributed by atoms with Crippen LogP contribution in [0.15, 0.2) is 54.6 Å². The summed E-state index contributed by atoms with van der Waals surface area (Å²) >= 11 is 0. The van der Waals surface area contributed by atoms with Crippen LogP contribution in [0, 0.1) is 6.92 Å². The highest BCUT2D eigenvalue weighted by molar-refractivity contribution is 6.09. The molecule has 1 saturated heterocycles. The van der Waals surface area contributed by atoms with Crippen molar-refractivity contribution in [2.24, 2.45) is 0 Å². The summed E-state index contributed by atoms with van der Waals surface area (Å²) in [6, 6.07) is 16.3. The number of aryl methyl sites for hydroxylation is 1. The maximum atomic E-state index is 13.3. The average molecular weight is 438 g/mol. The Morgan fingerprint density at radius 1 is 1.06 bits per heavy atom. The van der Waals surface area contributed by atoms with E-state index >= 15 is 0 Å². The molecule has 1 fully saturated rings. The Morgan fingerprint density at radius 2 is 1.72 bits per heavy atom. The van der Waals surface area contributed by atoms with E-state index in [1.54, 1.807) is 49.9 Å². The SMILES string of the molecule is Cc1ccccc1N(CC(=O)N1CCC(NC(=O)OC(C)(C)C)C1)C(=O)c1ccccc1. The lowest BCUT2D eigenvalue weighted by atomic mass is 10.1. The van der Waals surface area contributed by atoms with Crippen LogP contribution in [0.1, 0.15) is 43.1 Å². The Bertz CT molecular complexity index is 969. The third-order valence-corrected chi connectivity index (χ3v) is 5.23. The quantitative estimate of drug-likeness (QED) is 0.772. The molecule has 0 radical (unpaired) electrons. The van der Waals surface area contributed by atoms with Crippen LogP contribution in [0.4, 0.5) is 10.5 Å². The summed E-state index contributed by atoms with van der Waals surface area (Å²) in [4.78, 5) is 41.7. The number of likely N-dealkylation sites (tertiary alicyclic amines) is 1. The molecule has 1 unspecified atom stereocenters. The van der Waals surface area contributed by atoms with Gasteiger partial charge in [-0.2, -0.15) is 0 Å². The monoisotopic (exact) mass is 437 g/mol. The average Bonchev–Trinajstić information content (AvgIpc) is 3.19. The molecule has 3 amide bonds. The van der Waals surface area contributed by atoms with Gasteiger partial charge in [-0.1, -0.05) is 36.4 Å². The van der Waals surface area contributed by atoms with E-state index in [0.717, 1.165) is 5.56 Å². The van der Waals surface area contributed by atoms with Gasteiger partial charge in [-0.15, -0.1) is 0 Å². The lowest BCUT2D eigenvalue weighted by molar-refractivity contribution is -0.128. The first-order chi connectivity index (χ1) is 15.1. The van der Waals surface area contributed by atoms with Crippen molar-refractivity contribution in [2.75, 3.05) is 24.5 Å². The van der Waals surface area contributed by atoms with Gasteiger partial charge in [0.05, 0.1) is 6.04 Å². The number of amides is 3. The van der Waals surface area contributed by atoms with Crippen molar-refractivity contribution in [3.63, 3.8) is 0 Å². The second kappa shape index (κ2) is 9.85. The van der Waals surface area contributed by atoms with Gasteiger partial charge in [0.2, 0.25) is 5.91 Å². The summed E-state index contributed by atoms with van der Waals surface area (Å²) in [5, 5.41) is 2.83. The largest absolute Gasteiger partial charge is 0.444 e. The van der Waals surface area contributed by atoms with Crippen molar-refractivity contribution in [3.8, 4) is 0 Å². The van der Waals surface area contributed by atoms with Gasteiger partial charge in [-0.3, -0.25) is 14.5 Å². The number of rotatable bonds is 5. The first-order valence-corrected chi connectivity index (χ1v) is 10.8. The molecule has 3 rings (SSSR count). The predicted octanol–water partition coefficient (Wildman–Crippen LogP) is 3.77. The zero-order chi connectivity index (χ0) is 23.3. The van der Waals surface area contributed by atoms with Crippen LogP contribution < -0.4 is 10.2 Å². The zero-order valence-corrected chi connectivity index (χ0v) is 19.1. The second-order valence-electron chi connectivity index (χ2n) is 9.02. The van der Waals surface area contributed by atoms with Crippen molar-refractivity contribution in [2.45, 2.75) is 45.8 Å². The molecule has 1 N–H and O–H groups in total. The summed E-state index contributed by atoms with van der Waals surface area (Å²) < 4.78 is 5.30. The van der Waals surface area contributed by atoms with Crippen LogP contribution in [-0.4, -0.2) is 54.1 Å². The Morgan fingerprint density at radius 3 is 2.38 bits per heavy atom. The second-order valence-corrected chi connectivity index (χ2v) is 9.02. The molecule has 2 aromatic carbocycles. The highest BCUT2D eigenvalue weighted by Gasteiger charge is 2.31. The van der Waals surface area contributed by atoms with E-state index in [4.69, 9.17) is 4.74 Å². The third kappa shape index (κ3) is 6.09. The van der Waals surface area contributed by atoms with E-state index in [9.17, 15) is 14.4 Å². The van der Waals surface area contributed by atoms with Crippen molar-refractivity contribution in [3.05, 3.63) is 65.7 Å². The first-order valence-electron chi connectivity index (χ1n) is 10.8. The molecular weight excluding hydrogens is 406 g/mol. The molecular formula is C25H31N3O4. The number of ether oxygens (including phenoxy) is 1. The number of carbonyl (C=O) groups excluding carboxylic acids is 3. The van der Waals surface area contributed by atoms with E-state index in [0.29, 0.717) is 30.8 Å². The number of hydrogen-bond acceptors (Lipinski definition) is 4. The number of nitrogens with zero attached hydrogens (tertiary/aromatic N) is 2. The molecule has 0 aliphatic carbocycles. The van der Waals surface area contributed by atoms with E-state index in [1.165, 1.54) is 4.90 Å². The van der Waals surface area contributed by atoms with Gasteiger partial charge in [0, 0.05) is 24.3 Å². The number of para-hydroxylation sites is 1. The summed E-state index contributed by atoms with van der Waals surface area (Å²) in [6.07, 6.45) is 0.153. The Balaban J connectivity index is 1.70. The Kier molecular flexibility index (Phi) is 7.18. The van der Waals surface area contributed by atoms with E-state index in [2.05, 4.69) is 5.32 Å². The molecule has 32 heavy (non-hydrogen) atoms.